The number of halogens is 2. The quantitative estimate of drug-likeness (QED) is 0.578. The maximum atomic E-state index is 13.4. The van der Waals surface area contributed by atoms with E-state index in [0.29, 0.717) is 42.5 Å². The summed E-state index contributed by atoms with van der Waals surface area (Å²) in [5.41, 5.74) is 0.881. The number of hydrogen-bond acceptors (Lipinski definition) is 6. The van der Waals surface area contributed by atoms with Gasteiger partial charge >= 0.3 is 0 Å². The van der Waals surface area contributed by atoms with E-state index in [9.17, 15) is 14.4 Å². The van der Waals surface area contributed by atoms with E-state index < -0.39 is 0 Å². The van der Waals surface area contributed by atoms with Gasteiger partial charge in [-0.05, 0) is 37.0 Å². The molecule has 0 radical (unpaired) electrons. The summed E-state index contributed by atoms with van der Waals surface area (Å²) < 4.78 is 5.17. The Morgan fingerprint density at radius 1 is 1.11 bits per heavy atom. The van der Waals surface area contributed by atoms with E-state index in [-0.39, 0.29) is 42.1 Å². The summed E-state index contributed by atoms with van der Waals surface area (Å²) >= 11 is 12.1. The number of hydrogen-bond donors (Lipinski definition) is 1. The lowest BCUT2D eigenvalue weighted by molar-refractivity contribution is -0.152. The monoisotopic (exact) mass is 551 g/mol. The Kier molecular flexibility index (Phi) is 8.26. The van der Waals surface area contributed by atoms with Gasteiger partial charge in [0.05, 0.1) is 41.8 Å². The summed E-state index contributed by atoms with van der Waals surface area (Å²) in [6.45, 7) is 5.06. The molecule has 0 spiro atoms. The second-order valence-corrected chi connectivity index (χ2v) is 11.5. The van der Waals surface area contributed by atoms with Crippen LogP contribution in [0.3, 0.4) is 0 Å². The Bertz CT molecular complexity index is 1030. The Labute approximate surface area is 228 Å². The van der Waals surface area contributed by atoms with Crippen LogP contribution in [0.4, 0.5) is 0 Å². The topological polar surface area (TPSA) is 85.4 Å². The molecule has 0 aromatic heterocycles. The van der Waals surface area contributed by atoms with E-state index in [0.717, 1.165) is 51.0 Å². The first-order chi connectivity index (χ1) is 17.8. The van der Waals surface area contributed by atoms with Crippen molar-refractivity contribution in [1.29, 1.82) is 0 Å². The van der Waals surface area contributed by atoms with Crippen molar-refractivity contribution in [3.63, 3.8) is 0 Å². The van der Waals surface area contributed by atoms with Gasteiger partial charge in [0.15, 0.2) is 0 Å². The standard InChI is InChI=1S/C26H35Cl2N5O4/c1-30(12-17-2-4-21(27)22(28)10-17)24(34)13-33-16-29-23-5-3-19(11-20(23)26(33)36)31-6-8-32(9-7-31)25(35)18-14-37-15-18/h2,4,10,18-20,23,29H,3,5-9,11-16H2,1H3. The van der Waals surface area contributed by atoms with Gasteiger partial charge < -0.3 is 19.4 Å². The molecular formula is C26H35Cl2N5O4. The van der Waals surface area contributed by atoms with Gasteiger partial charge in [-0.15, -0.1) is 0 Å². The van der Waals surface area contributed by atoms with Crippen molar-refractivity contribution < 1.29 is 19.1 Å². The molecule has 4 aliphatic rings. The molecule has 0 bridgehead atoms. The number of carbonyl (C=O) groups excluding carboxylic acids is 3. The Morgan fingerprint density at radius 3 is 2.54 bits per heavy atom. The molecule has 4 fully saturated rings. The molecule has 3 saturated heterocycles. The first-order valence-corrected chi connectivity index (χ1v) is 13.9. The second-order valence-electron chi connectivity index (χ2n) is 10.7. The maximum Gasteiger partial charge on any atom is 0.242 e. The fourth-order valence-electron chi connectivity index (χ4n) is 5.90. The lowest BCUT2D eigenvalue weighted by atomic mass is 9.79. The molecule has 1 aromatic rings. The summed E-state index contributed by atoms with van der Waals surface area (Å²) in [5, 5.41) is 4.43. The predicted octanol–water partition coefficient (Wildman–Crippen LogP) is 1.67. The van der Waals surface area contributed by atoms with Crippen molar-refractivity contribution in [2.24, 2.45) is 11.8 Å². The Balaban J connectivity index is 1.12. The number of fused-ring (bicyclic) bond motifs is 1. The number of benzene rings is 1. The molecule has 3 atom stereocenters. The van der Waals surface area contributed by atoms with Crippen molar-refractivity contribution >= 4 is 40.9 Å². The molecule has 9 nitrogen and oxygen atoms in total. The van der Waals surface area contributed by atoms with Crippen LogP contribution < -0.4 is 5.32 Å². The first-order valence-electron chi connectivity index (χ1n) is 13.1. The van der Waals surface area contributed by atoms with Crippen molar-refractivity contribution in [3.8, 4) is 0 Å². The van der Waals surface area contributed by atoms with Crippen LogP contribution in [0, 0.1) is 11.8 Å². The van der Waals surface area contributed by atoms with E-state index >= 15 is 0 Å². The summed E-state index contributed by atoms with van der Waals surface area (Å²) in [6, 6.07) is 5.80. The van der Waals surface area contributed by atoms with Crippen LogP contribution in [-0.2, 0) is 25.7 Å². The molecule has 3 unspecified atom stereocenters. The van der Waals surface area contributed by atoms with E-state index in [1.807, 2.05) is 11.0 Å². The van der Waals surface area contributed by atoms with Crippen LogP contribution in [0.25, 0.3) is 0 Å². The molecule has 202 valence electrons. The highest BCUT2D eigenvalue weighted by atomic mass is 35.5. The molecule has 1 saturated carbocycles. The molecule has 3 amide bonds. The highest BCUT2D eigenvalue weighted by Crippen LogP contribution is 2.32. The smallest absolute Gasteiger partial charge is 0.242 e. The zero-order valence-electron chi connectivity index (χ0n) is 21.2. The van der Waals surface area contributed by atoms with E-state index in [2.05, 4.69) is 10.2 Å². The van der Waals surface area contributed by atoms with E-state index in [4.69, 9.17) is 27.9 Å². The molecule has 5 rings (SSSR count). The molecule has 3 aliphatic heterocycles. The molecular weight excluding hydrogens is 517 g/mol. The fraction of sp³-hybridized carbons (Fsp3) is 0.654. The molecule has 1 N–H and O–H groups in total. The van der Waals surface area contributed by atoms with Gasteiger partial charge in [0.2, 0.25) is 17.7 Å². The third kappa shape index (κ3) is 5.91. The third-order valence-electron chi connectivity index (χ3n) is 8.28. The maximum absolute atomic E-state index is 13.4. The lowest BCUT2D eigenvalue weighted by Gasteiger charge is -2.47. The molecule has 1 aliphatic carbocycles. The number of likely N-dealkylation sites (N-methyl/N-ethyl adjacent to an activating group) is 1. The Hall–Kier alpha value is -1.91. The highest BCUT2D eigenvalue weighted by molar-refractivity contribution is 6.42. The average molecular weight is 553 g/mol. The molecule has 3 heterocycles. The SMILES string of the molecule is CN(Cc1ccc(Cl)c(Cl)c1)C(=O)CN1CNC2CCC(N3CCN(C(=O)C4COC4)CC3)CC2C1=O. The highest BCUT2D eigenvalue weighted by Gasteiger charge is 2.43. The van der Waals surface area contributed by atoms with Gasteiger partial charge in [-0.25, -0.2) is 0 Å². The predicted molar refractivity (Wildman–Crippen MR) is 140 cm³/mol. The van der Waals surface area contributed by atoms with Crippen LogP contribution in [0.15, 0.2) is 18.2 Å². The molecule has 11 heteroatoms. The minimum absolute atomic E-state index is 0.0321. The number of piperazine rings is 1. The van der Waals surface area contributed by atoms with Crippen LogP contribution in [0.5, 0.6) is 0 Å². The normalized spacial score (nSPS) is 27.0. The summed E-state index contributed by atoms with van der Waals surface area (Å²) in [5.74, 6) is 0.0519. The van der Waals surface area contributed by atoms with Crippen molar-refractivity contribution in [2.45, 2.75) is 37.9 Å². The second kappa shape index (κ2) is 11.5. The van der Waals surface area contributed by atoms with Crippen LogP contribution in [0.2, 0.25) is 10.0 Å². The van der Waals surface area contributed by atoms with Crippen molar-refractivity contribution in [1.82, 2.24) is 24.9 Å². The minimum Gasteiger partial charge on any atom is -0.380 e. The molecule has 37 heavy (non-hydrogen) atoms. The number of rotatable bonds is 6. The fourth-order valence-corrected chi connectivity index (χ4v) is 6.22. The zero-order valence-corrected chi connectivity index (χ0v) is 22.7. The van der Waals surface area contributed by atoms with Crippen LogP contribution in [-0.4, -0.2) is 109 Å². The van der Waals surface area contributed by atoms with Gasteiger partial charge in [0.25, 0.3) is 0 Å². The summed E-state index contributed by atoms with van der Waals surface area (Å²) in [6.07, 6.45) is 2.76. The van der Waals surface area contributed by atoms with Crippen molar-refractivity contribution in [3.05, 3.63) is 33.8 Å². The first kappa shape index (κ1) is 26.7. The van der Waals surface area contributed by atoms with Gasteiger partial charge in [-0.1, -0.05) is 29.3 Å². The average Bonchev–Trinajstić information content (AvgIpc) is 2.86. The van der Waals surface area contributed by atoms with Gasteiger partial charge in [0.1, 0.15) is 6.54 Å². The van der Waals surface area contributed by atoms with Gasteiger partial charge in [-0.2, -0.15) is 0 Å². The minimum atomic E-state index is -0.132. The largest absolute Gasteiger partial charge is 0.380 e. The van der Waals surface area contributed by atoms with Gasteiger partial charge in [-0.3, -0.25) is 24.6 Å². The van der Waals surface area contributed by atoms with Crippen LogP contribution in [0.1, 0.15) is 24.8 Å². The summed E-state index contributed by atoms with van der Waals surface area (Å²) in [7, 11) is 1.73. The third-order valence-corrected chi connectivity index (χ3v) is 9.02. The number of nitrogens with zero attached hydrogens (tertiary/aromatic N) is 4. The Morgan fingerprint density at radius 2 is 1.86 bits per heavy atom. The number of amides is 3. The molecule has 1 aromatic carbocycles. The zero-order chi connectivity index (χ0) is 26.1. The van der Waals surface area contributed by atoms with E-state index in [1.165, 1.54) is 0 Å². The van der Waals surface area contributed by atoms with Crippen LogP contribution >= 0.6 is 23.2 Å². The summed E-state index contributed by atoms with van der Waals surface area (Å²) in [4.78, 5) is 46.6. The number of nitrogens with one attached hydrogen (secondary N) is 1. The van der Waals surface area contributed by atoms with Crippen molar-refractivity contribution in [2.75, 3.05) is 59.7 Å². The number of ether oxygens (including phenoxy) is 1. The number of carbonyl (C=O) groups is 3. The lowest BCUT2D eigenvalue weighted by Crippen LogP contribution is -2.62. The van der Waals surface area contributed by atoms with Gasteiger partial charge in [0, 0.05) is 51.9 Å². The van der Waals surface area contributed by atoms with E-state index in [1.54, 1.807) is 29.0 Å².